The Labute approximate surface area is 186 Å². The second-order valence-electron chi connectivity index (χ2n) is 7.45. The van der Waals surface area contributed by atoms with Crippen LogP contribution in [0, 0.1) is 13.8 Å². The third-order valence-corrected chi connectivity index (χ3v) is 6.83. The van der Waals surface area contributed by atoms with Gasteiger partial charge in [0.25, 0.3) is 5.78 Å². The fourth-order valence-electron chi connectivity index (χ4n) is 3.16. The Morgan fingerprint density at radius 3 is 2.65 bits per heavy atom. The number of aryl methyl sites for hydroxylation is 2. The van der Waals surface area contributed by atoms with E-state index in [0.717, 1.165) is 17.0 Å². The first-order chi connectivity index (χ1) is 14.6. The largest absolute Gasteiger partial charge is 0.352 e. The van der Waals surface area contributed by atoms with E-state index in [0.29, 0.717) is 16.5 Å². The Hall–Kier alpha value is -2.50. The lowest BCUT2D eigenvalue weighted by Crippen LogP contribution is -2.30. The Morgan fingerprint density at radius 1 is 1.23 bits per heavy atom. The van der Waals surface area contributed by atoms with Gasteiger partial charge in [-0.25, -0.2) is 22.6 Å². The van der Waals surface area contributed by atoms with Crippen molar-refractivity contribution in [3.05, 3.63) is 46.8 Å². The summed E-state index contributed by atoms with van der Waals surface area (Å²) in [6.45, 7) is 7.48. The first-order valence-corrected chi connectivity index (χ1v) is 12.5. The van der Waals surface area contributed by atoms with Crippen molar-refractivity contribution in [3.63, 3.8) is 0 Å². The molecule has 0 unspecified atom stereocenters. The standard InChI is InChI=1S/C20H26N6O3S2/c1-12(2)25-31(28,29)16-8-6-7-15(9-16)11-21-18(27)10-17-13(3)22-19-23-20(30-5)24-26(19)14(17)4/h6-9,12,25H,10-11H2,1-5H3,(H,21,27). The van der Waals surface area contributed by atoms with Crippen molar-refractivity contribution >= 4 is 33.5 Å². The average molecular weight is 463 g/mol. The number of carbonyl (C=O) groups is 1. The van der Waals surface area contributed by atoms with E-state index in [2.05, 4.69) is 25.1 Å². The van der Waals surface area contributed by atoms with Crippen LogP contribution in [-0.2, 0) is 27.8 Å². The van der Waals surface area contributed by atoms with Crippen LogP contribution in [0.25, 0.3) is 5.78 Å². The van der Waals surface area contributed by atoms with Gasteiger partial charge in [0.15, 0.2) is 0 Å². The van der Waals surface area contributed by atoms with Crippen LogP contribution in [0.1, 0.15) is 36.4 Å². The SMILES string of the molecule is CSc1nc2nc(C)c(CC(=O)NCc3cccc(S(=O)(=O)NC(C)C)c3)c(C)n2n1. The molecule has 0 bridgehead atoms. The summed E-state index contributed by atoms with van der Waals surface area (Å²) in [6.07, 6.45) is 2.03. The van der Waals surface area contributed by atoms with Gasteiger partial charge in [0.1, 0.15) is 0 Å². The van der Waals surface area contributed by atoms with E-state index in [-0.39, 0.29) is 29.8 Å². The first-order valence-electron chi connectivity index (χ1n) is 9.75. The molecule has 0 atom stereocenters. The number of hydrogen-bond donors (Lipinski definition) is 2. The van der Waals surface area contributed by atoms with Crippen molar-refractivity contribution in [3.8, 4) is 0 Å². The van der Waals surface area contributed by atoms with Crippen molar-refractivity contribution in [2.75, 3.05) is 6.26 Å². The predicted octanol–water partition coefficient (Wildman–Crippen LogP) is 2.01. The smallest absolute Gasteiger partial charge is 0.253 e. The Balaban J connectivity index is 1.72. The van der Waals surface area contributed by atoms with Crippen molar-refractivity contribution in [1.82, 2.24) is 29.6 Å². The molecule has 3 aromatic rings. The Bertz CT molecular complexity index is 1220. The number of fused-ring (bicyclic) bond motifs is 1. The molecule has 2 N–H and O–H groups in total. The molecule has 9 nitrogen and oxygen atoms in total. The van der Waals surface area contributed by atoms with Crippen LogP contribution in [-0.4, -0.2) is 46.2 Å². The van der Waals surface area contributed by atoms with E-state index in [1.54, 1.807) is 36.6 Å². The minimum absolute atomic E-state index is 0.141. The van der Waals surface area contributed by atoms with Crippen molar-refractivity contribution in [1.29, 1.82) is 0 Å². The van der Waals surface area contributed by atoms with Crippen LogP contribution in [0.15, 0.2) is 34.3 Å². The van der Waals surface area contributed by atoms with E-state index >= 15 is 0 Å². The van der Waals surface area contributed by atoms with Gasteiger partial charge in [-0.15, -0.1) is 5.10 Å². The zero-order valence-electron chi connectivity index (χ0n) is 18.1. The van der Waals surface area contributed by atoms with Crippen LogP contribution in [0.3, 0.4) is 0 Å². The van der Waals surface area contributed by atoms with Gasteiger partial charge in [-0.2, -0.15) is 4.98 Å². The molecule has 0 saturated carbocycles. The summed E-state index contributed by atoms with van der Waals surface area (Å²) >= 11 is 1.43. The molecular formula is C20H26N6O3S2. The maximum absolute atomic E-state index is 12.6. The van der Waals surface area contributed by atoms with Gasteiger partial charge < -0.3 is 5.32 Å². The molecule has 0 aliphatic rings. The van der Waals surface area contributed by atoms with Crippen LogP contribution >= 0.6 is 11.8 Å². The number of amides is 1. The molecule has 1 amide bonds. The first kappa shape index (κ1) is 23.2. The Morgan fingerprint density at radius 2 is 1.97 bits per heavy atom. The summed E-state index contributed by atoms with van der Waals surface area (Å²) in [5, 5.41) is 7.88. The zero-order chi connectivity index (χ0) is 22.8. The third-order valence-electron chi connectivity index (χ3n) is 4.64. The summed E-state index contributed by atoms with van der Waals surface area (Å²) in [4.78, 5) is 21.6. The van der Waals surface area contributed by atoms with Gasteiger partial charge in [-0.3, -0.25) is 4.79 Å². The summed E-state index contributed by atoms with van der Waals surface area (Å²) in [5.41, 5.74) is 3.04. The number of carbonyl (C=O) groups excluding carboxylic acids is 1. The molecule has 31 heavy (non-hydrogen) atoms. The van der Waals surface area contributed by atoms with Gasteiger partial charge >= 0.3 is 0 Å². The number of thioether (sulfide) groups is 1. The van der Waals surface area contributed by atoms with Gasteiger partial charge in [-0.1, -0.05) is 23.9 Å². The van der Waals surface area contributed by atoms with Crippen molar-refractivity contribution in [2.24, 2.45) is 0 Å². The van der Waals surface area contributed by atoms with E-state index in [9.17, 15) is 13.2 Å². The number of benzene rings is 1. The molecule has 11 heteroatoms. The summed E-state index contributed by atoms with van der Waals surface area (Å²) in [7, 11) is -3.59. The van der Waals surface area contributed by atoms with Crippen LogP contribution in [0.5, 0.6) is 0 Å². The molecule has 2 aromatic heterocycles. The van der Waals surface area contributed by atoms with Gasteiger partial charge in [-0.05, 0) is 51.6 Å². The quantitative estimate of drug-likeness (QED) is 0.492. The van der Waals surface area contributed by atoms with Gasteiger partial charge in [0, 0.05) is 29.5 Å². The van der Waals surface area contributed by atoms with Gasteiger partial charge in [0.2, 0.25) is 21.1 Å². The molecule has 0 aliphatic carbocycles. The Kier molecular flexibility index (Phi) is 6.97. The number of aromatic nitrogens is 4. The lowest BCUT2D eigenvalue weighted by Gasteiger charge is -2.12. The predicted molar refractivity (Wildman–Crippen MR) is 119 cm³/mol. The zero-order valence-corrected chi connectivity index (χ0v) is 19.8. The number of nitrogens with zero attached hydrogens (tertiary/aromatic N) is 4. The summed E-state index contributed by atoms with van der Waals surface area (Å²) < 4.78 is 28.9. The molecule has 2 heterocycles. The number of sulfonamides is 1. The maximum Gasteiger partial charge on any atom is 0.253 e. The third kappa shape index (κ3) is 5.41. The van der Waals surface area contributed by atoms with E-state index in [4.69, 9.17) is 0 Å². The molecule has 0 aliphatic heterocycles. The lowest BCUT2D eigenvalue weighted by atomic mass is 10.1. The monoisotopic (exact) mass is 462 g/mol. The molecule has 1 aromatic carbocycles. The number of hydrogen-bond acceptors (Lipinski definition) is 7. The van der Waals surface area contributed by atoms with Crippen molar-refractivity contribution < 1.29 is 13.2 Å². The lowest BCUT2D eigenvalue weighted by molar-refractivity contribution is -0.120. The molecule has 0 spiro atoms. The fraction of sp³-hybridized carbons (Fsp3) is 0.400. The molecule has 0 fully saturated rings. The molecule has 3 rings (SSSR count). The highest BCUT2D eigenvalue weighted by atomic mass is 32.2. The highest BCUT2D eigenvalue weighted by molar-refractivity contribution is 7.98. The number of nitrogens with one attached hydrogen (secondary N) is 2. The van der Waals surface area contributed by atoms with Crippen LogP contribution in [0.4, 0.5) is 0 Å². The molecular weight excluding hydrogens is 436 g/mol. The average Bonchev–Trinajstić information content (AvgIpc) is 3.12. The molecule has 0 saturated heterocycles. The summed E-state index contributed by atoms with van der Waals surface area (Å²) in [5.74, 6) is 0.322. The van der Waals surface area contributed by atoms with E-state index in [1.807, 2.05) is 20.1 Å². The normalized spacial score (nSPS) is 11.9. The molecule has 166 valence electrons. The minimum Gasteiger partial charge on any atom is -0.352 e. The fourth-order valence-corrected chi connectivity index (χ4v) is 4.81. The number of rotatable bonds is 8. The molecule has 0 radical (unpaired) electrons. The topological polar surface area (TPSA) is 118 Å². The summed E-state index contributed by atoms with van der Waals surface area (Å²) in [6, 6.07) is 6.33. The minimum atomic E-state index is -3.59. The van der Waals surface area contributed by atoms with E-state index in [1.165, 1.54) is 17.8 Å². The van der Waals surface area contributed by atoms with Crippen LogP contribution in [0.2, 0.25) is 0 Å². The maximum atomic E-state index is 12.6. The second kappa shape index (κ2) is 9.33. The van der Waals surface area contributed by atoms with E-state index < -0.39 is 10.0 Å². The van der Waals surface area contributed by atoms with Gasteiger partial charge in [0.05, 0.1) is 11.3 Å². The van der Waals surface area contributed by atoms with Crippen LogP contribution < -0.4 is 10.0 Å². The highest BCUT2D eigenvalue weighted by Crippen LogP contribution is 2.17. The highest BCUT2D eigenvalue weighted by Gasteiger charge is 2.17. The van der Waals surface area contributed by atoms with Crippen molar-refractivity contribution in [2.45, 2.75) is 56.8 Å². The second-order valence-corrected chi connectivity index (χ2v) is 9.94.